The highest BCUT2D eigenvalue weighted by Gasteiger charge is 2.19. The molecule has 1 aliphatic rings. The summed E-state index contributed by atoms with van der Waals surface area (Å²) in [5.41, 5.74) is 2.78. The highest BCUT2D eigenvalue weighted by Crippen LogP contribution is 2.27. The first kappa shape index (κ1) is 14.5. The van der Waals surface area contributed by atoms with E-state index in [1.807, 2.05) is 12.1 Å². The molecule has 1 heterocycles. The van der Waals surface area contributed by atoms with Crippen molar-refractivity contribution < 1.29 is 0 Å². The van der Waals surface area contributed by atoms with Gasteiger partial charge in [-0.1, -0.05) is 41.9 Å². The maximum atomic E-state index is 5.95. The molecule has 0 radical (unpaired) electrons. The Bertz CT molecular complexity index is 542. The molecule has 0 spiro atoms. The quantitative estimate of drug-likeness (QED) is 0.751. The Morgan fingerprint density at radius 3 is 2.24 bits per heavy atom. The van der Waals surface area contributed by atoms with Gasteiger partial charge in [-0.25, -0.2) is 0 Å². The zero-order valence-corrected chi connectivity index (χ0v) is 13.1. The maximum Gasteiger partial charge on any atom is 0.0407 e. The van der Waals surface area contributed by atoms with E-state index in [1.165, 1.54) is 50.0 Å². The molecule has 1 aliphatic heterocycles. The molecule has 0 saturated carbocycles. The number of piperidine rings is 1. The van der Waals surface area contributed by atoms with E-state index in [0.717, 1.165) is 10.9 Å². The number of benzene rings is 2. The predicted octanol–water partition coefficient (Wildman–Crippen LogP) is 5.19. The molecule has 2 aromatic carbocycles. The van der Waals surface area contributed by atoms with E-state index in [9.17, 15) is 0 Å². The van der Waals surface area contributed by atoms with Crippen LogP contribution in [0.25, 0.3) is 0 Å². The van der Waals surface area contributed by atoms with Crippen molar-refractivity contribution >= 4 is 17.3 Å². The van der Waals surface area contributed by atoms with Gasteiger partial charge in [0, 0.05) is 23.8 Å². The third kappa shape index (κ3) is 4.01. The molecule has 0 N–H and O–H groups in total. The van der Waals surface area contributed by atoms with Gasteiger partial charge in [0.1, 0.15) is 0 Å². The lowest BCUT2D eigenvalue weighted by Gasteiger charge is -2.33. The normalized spacial score (nSPS) is 16.1. The van der Waals surface area contributed by atoms with Crippen LogP contribution in [0.2, 0.25) is 5.02 Å². The van der Waals surface area contributed by atoms with Crippen LogP contribution < -0.4 is 4.90 Å². The Morgan fingerprint density at radius 1 is 0.905 bits per heavy atom. The molecule has 0 bridgehead atoms. The lowest BCUT2D eigenvalue weighted by Crippen LogP contribution is -2.33. The average molecular weight is 300 g/mol. The van der Waals surface area contributed by atoms with E-state index in [0.29, 0.717) is 0 Å². The van der Waals surface area contributed by atoms with Gasteiger partial charge in [-0.3, -0.25) is 0 Å². The number of rotatable bonds is 4. The second kappa shape index (κ2) is 7.00. The number of halogens is 1. The SMILES string of the molecule is Clc1ccc(N2CCC(CCc3ccccc3)CC2)cc1. The molecule has 2 heteroatoms. The fourth-order valence-electron chi connectivity index (χ4n) is 3.15. The summed E-state index contributed by atoms with van der Waals surface area (Å²) in [7, 11) is 0. The van der Waals surface area contributed by atoms with E-state index in [2.05, 4.69) is 47.4 Å². The van der Waals surface area contributed by atoms with Crippen molar-refractivity contribution in [2.45, 2.75) is 25.7 Å². The molecule has 3 rings (SSSR count). The smallest absolute Gasteiger partial charge is 0.0407 e. The van der Waals surface area contributed by atoms with Crippen molar-refractivity contribution in [2.24, 2.45) is 5.92 Å². The highest BCUT2D eigenvalue weighted by atomic mass is 35.5. The van der Waals surface area contributed by atoms with Crippen LogP contribution in [-0.4, -0.2) is 13.1 Å². The molecule has 0 amide bonds. The van der Waals surface area contributed by atoms with E-state index in [1.54, 1.807) is 0 Å². The van der Waals surface area contributed by atoms with E-state index >= 15 is 0 Å². The van der Waals surface area contributed by atoms with Crippen molar-refractivity contribution in [3.05, 3.63) is 65.2 Å². The Morgan fingerprint density at radius 2 is 1.57 bits per heavy atom. The van der Waals surface area contributed by atoms with Crippen LogP contribution in [0.1, 0.15) is 24.8 Å². The topological polar surface area (TPSA) is 3.24 Å². The third-order valence-corrected chi connectivity index (χ3v) is 4.74. The monoisotopic (exact) mass is 299 g/mol. The number of hydrogen-bond acceptors (Lipinski definition) is 1. The Kier molecular flexibility index (Phi) is 4.82. The van der Waals surface area contributed by atoms with Crippen LogP contribution in [-0.2, 0) is 6.42 Å². The van der Waals surface area contributed by atoms with Crippen molar-refractivity contribution in [1.29, 1.82) is 0 Å². The van der Waals surface area contributed by atoms with E-state index in [4.69, 9.17) is 11.6 Å². The number of nitrogens with zero attached hydrogens (tertiary/aromatic N) is 1. The Hall–Kier alpha value is -1.47. The molecular formula is C19H22ClN. The van der Waals surface area contributed by atoms with Crippen LogP contribution in [0.3, 0.4) is 0 Å². The summed E-state index contributed by atoms with van der Waals surface area (Å²) >= 11 is 5.95. The molecule has 1 saturated heterocycles. The maximum absolute atomic E-state index is 5.95. The lowest BCUT2D eigenvalue weighted by atomic mass is 9.90. The van der Waals surface area contributed by atoms with Gasteiger partial charge in [0.25, 0.3) is 0 Å². The molecule has 0 atom stereocenters. The number of hydrogen-bond donors (Lipinski definition) is 0. The zero-order valence-electron chi connectivity index (χ0n) is 12.3. The predicted molar refractivity (Wildman–Crippen MR) is 91.2 cm³/mol. The molecular weight excluding hydrogens is 278 g/mol. The lowest BCUT2D eigenvalue weighted by molar-refractivity contribution is 0.382. The van der Waals surface area contributed by atoms with E-state index < -0.39 is 0 Å². The third-order valence-electron chi connectivity index (χ3n) is 4.49. The summed E-state index contributed by atoms with van der Waals surface area (Å²) in [6.45, 7) is 2.34. The van der Waals surface area contributed by atoms with E-state index in [-0.39, 0.29) is 0 Å². The van der Waals surface area contributed by atoms with Crippen LogP contribution in [0, 0.1) is 5.92 Å². The largest absolute Gasteiger partial charge is 0.372 e. The first-order chi connectivity index (χ1) is 10.3. The fourth-order valence-corrected chi connectivity index (χ4v) is 3.27. The molecule has 21 heavy (non-hydrogen) atoms. The van der Waals surface area contributed by atoms with Crippen LogP contribution in [0.5, 0.6) is 0 Å². The zero-order chi connectivity index (χ0) is 14.5. The van der Waals surface area contributed by atoms with Gasteiger partial charge in [-0.15, -0.1) is 0 Å². The van der Waals surface area contributed by atoms with Gasteiger partial charge in [-0.05, 0) is 61.4 Å². The minimum Gasteiger partial charge on any atom is -0.372 e. The van der Waals surface area contributed by atoms with Gasteiger partial charge in [0.2, 0.25) is 0 Å². The second-order valence-corrected chi connectivity index (χ2v) is 6.37. The Balaban J connectivity index is 1.48. The average Bonchev–Trinajstić information content (AvgIpc) is 2.55. The first-order valence-corrected chi connectivity index (χ1v) is 8.23. The summed E-state index contributed by atoms with van der Waals surface area (Å²) in [4.78, 5) is 2.48. The molecule has 1 nitrogen and oxygen atoms in total. The van der Waals surface area contributed by atoms with Gasteiger partial charge in [0.15, 0.2) is 0 Å². The number of aryl methyl sites for hydroxylation is 1. The molecule has 0 unspecified atom stereocenters. The first-order valence-electron chi connectivity index (χ1n) is 7.86. The van der Waals surface area contributed by atoms with Crippen molar-refractivity contribution in [1.82, 2.24) is 0 Å². The van der Waals surface area contributed by atoms with Crippen molar-refractivity contribution in [3.63, 3.8) is 0 Å². The summed E-state index contributed by atoms with van der Waals surface area (Å²) in [5, 5.41) is 0.816. The number of anilines is 1. The highest BCUT2D eigenvalue weighted by molar-refractivity contribution is 6.30. The molecule has 0 aromatic heterocycles. The fraction of sp³-hybridized carbons (Fsp3) is 0.368. The summed E-state index contributed by atoms with van der Waals surface area (Å²) < 4.78 is 0. The van der Waals surface area contributed by atoms with Gasteiger partial charge in [0.05, 0.1) is 0 Å². The van der Waals surface area contributed by atoms with Crippen LogP contribution >= 0.6 is 11.6 Å². The molecule has 0 aliphatic carbocycles. The minimum absolute atomic E-state index is 0.816. The summed E-state index contributed by atoms with van der Waals surface area (Å²) in [6.07, 6.45) is 5.13. The standard InChI is InChI=1S/C19H22ClN/c20-18-8-10-19(11-9-18)21-14-12-17(13-15-21)7-6-16-4-2-1-3-5-16/h1-5,8-11,17H,6-7,12-15H2. The second-order valence-electron chi connectivity index (χ2n) is 5.93. The minimum atomic E-state index is 0.816. The molecule has 2 aromatic rings. The van der Waals surface area contributed by atoms with Gasteiger partial charge < -0.3 is 4.90 Å². The Labute approximate surface area is 132 Å². The van der Waals surface area contributed by atoms with Crippen LogP contribution in [0.15, 0.2) is 54.6 Å². The van der Waals surface area contributed by atoms with Crippen molar-refractivity contribution in [2.75, 3.05) is 18.0 Å². The van der Waals surface area contributed by atoms with Crippen LogP contribution in [0.4, 0.5) is 5.69 Å². The van der Waals surface area contributed by atoms with Gasteiger partial charge in [-0.2, -0.15) is 0 Å². The van der Waals surface area contributed by atoms with Gasteiger partial charge >= 0.3 is 0 Å². The molecule has 110 valence electrons. The summed E-state index contributed by atoms with van der Waals surface area (Å²) in [5.74, 6) is 0.869. The summed E-state index contributed by atoms with van der Waals surface area (Å²) in [6, 6.07) is 19.1. The van der Waals surface area contributed by atoms with Crippen molar-refractivity contribution in [3.8, 4) is 0 Å². The molecule has 1 fully saturated rings.